The van der Waals surface area contributed by atoms with Crippen molar-refractivity contribution in [1.82, 2.24) is 24.9 Å². The summed E-state index contributed by atoms with van der Waals surface area (Å²) in [5.74, 6) is 1.88. The molecular weight excluding hydrogens is 490 g/mol. The van der Waals surface area contributed by atoms with Gasteiger partial charge in [0.05, 0.1) is 11.0 Å². The normalized spacial score (nSPS) is 11.5. The molecule has 0 bridgehead atoms. The lowest BCUT2D eigenvalue weighted by molar-refractivity contribution is 1.08. The van der Waals surface area contributed by atoms with Gasteiger partial charge in [-0.2, -0.15) is 0 Å². The predicted molar refractivity (Wildman–Crippen MR) is 162 cm³/mol. The van der Waals surface area contributed by atoms with Crippen molar-refractivity contribution in [3.05, 3.63) is 128 Å². The van der Waals surface area contributed by atoms with Gasteiger partial charge in [0.2, 0.25) is 0 Å². The van der Waals surface area contributed by atoms with E-state index in [4.69, 9.17) is 15.0 Å². The Morgan fingerprint density at radius 1 is 0.375 bits per heavy atom. The average Bonchev–Trinajstić information content (AvgIpc) is 3.03. The zero-order valence-corrected chi connectivity index (χ0v) is 21.4. The van der Waals surface area contributed by atoms with Gasteiger partial charge in [0.1, 0.15) is 0 Å². The maximum atomic E-state index is 5.11. The van der Waals surface area contributed by atoms with Crippen molar-refractivity contribution < 1.29 is 0 Å². The topological polar surface area (TPSA) is 64.5 Å². The maximum absolute atomic E-state index is 5.11. The molecule has 0 saturated carbocycles. The van der Waals surface area contributed by atoms with E-state index in [1.54, 1.807) is 12.4 Å². The third-order valence-corrected chi connectivity index (χ3v) is 7.35. The molecule has 0 spiro atoms. The van der Waals surface area contributed by atoms with Gasteiger partial charge in [0.15, 0.2) is 17.5 Å². The highest BCUT2D eigenvalue weighted by Gasteiger charge is 2.17. The Balaban J connectivity index is 1.44. The first-order valence-electron chi connectivity index (χ1n) is 13.2. The molecule has 3 heterocycles. The number of hydrogen-bond donors (Lipinski definition) is 0. The summed E-state index contributed by atoms with van der Waals surface area (Å²) in [5, 5.41) is 6.58. The van der Waals surface area contributed by atoms with E-state index in [1.165, 1.54) is 0 Å². The molecule has 0 radical (unpaired) electrons. The van der Waals surface area contributed by atoms with E-state index in [1.807, 2.05) is 36.4 Å². The third-order valence-electron chi connectivity index (χ3n) is 7.35. The second kappa shape index (κ2) is 9.03. The van der Waals surface area contributed by atoms with Gasteiger partial charge in [-0.3, -0.25) is 9.97 Å². The molecule has 5 nitrogen and oxygen atoms in total. The Bertz CT molecular complexity index is 2090. The summed E-state index contributed by atoms with van der Waals surface area (Å²) in [6.45, 7) is 0. The number of fused-ring (bicyclic) bond motifs is 4. The molecule has 0 amide bonds. The minimum Gasteiger partial charge on any atom is -0.256 e. The Labute approximate surface area is 229 Å². The SMILES string of the molecule is c1cnc2ccc(-c3nc(-c4ccc5ncccc5c4)nc(-c4c5ccccc5cc5ccccc45)n3)cc2c1. The fraction of sp³-hybridized carbons (Fsp3) is 0. The summed E-state index contributed by atoms with van der Waals surface area (Å²) < 4.78 is 0. The van der Waals surface area contributed by atoms with Crippen LogP contribution in [0, 0.1) is 0 Å². The van der Waals surface area contributed by atoms with Crippen LogP contribution in [0.5, 0.6) is 0 Å². The van der Waals surface area contributed by atoms with Gasteiger partial charge in [-0.25, -0.2) is 15.0 Å². The van der Waals surface area contributed by atoms with Crippen LogP contribution in [0.1, 0.15) is 0 Å². The van der Waals surface area contributed by atoms with E-state index in [9.17, 15) is 0 Å². The Morgan fingerprint density at radius 3 is 1.40 bits per heavy atom. The van der Waals surface area contributed by atoms with Crippen molar-refractivity contribution in [2.45, 2.75) is 0 Å². The lowest BCUT2D eigenvalue weighted by atomic mass is 9.96. The minimum atomic E-state index is 0.619. The highest BCUT2D eigenvalue weighted by atomic mass is 15.0. The first kappa shape index (κ1) is 22.4. The molecule has 5 aromatic carbocycles. The smallest absolute Gasteiger partial charge is 0.165 e. The molecule has 0 saturated heterocycles. The molecule has 0 aliphatic rings. The van der Waals surface area contributed by atoms with Crippen molar-refractivity contribution in [3.63, 3.8) is 0 Å². The number of rotatable bonds is 3. The highest BCUT2D eigenvalue weighted by molar-refractivity contribution is 6.11. The molecular formula is C35H21N5. The van der Waals surface area contributed by atoms with Gasteiger partial charge in [0, 0.05) is 39.9 Å². The molecule has 8 rings (SSSR count). The van der Waals surface area contributed by atoms with E-state index in [0.717, 1.165) is 60.0 Å². The molecule has 8 aromatic rings. The first-order valence-corrected chi connectivity index (χ1v) is 13.2. The zero-order valence-electron chi connectivity index (χ0n) is 21.4. The van der Waals surface area contributed by atoms with Crippen LogP contribution >= 0.6 is 0 Å². The van der Waals surface area contributed by atoms with Gasteiger partial charge in [0.25, 0.3) is 0 Å². The number of aromatic nitrogens is 5. The van der Waals surface area contributed by atoms with Crippen LogP contribution in [-0.2, 0) is 0 Å². The van der Waals surface area contributed by atoms with Crippen LogP contribution in [0.2, 0.25) is 0 Å². The van der Waals surface area contributed by atoms with Crippen molar-refractivity contribution in [1.29, 1.82) is 0 Å². The standard InChI is InChI=1S/C35H21N5/c1-3-11-28-22(7-1)19-23-8-2-4-12-29(23)32(28)35-39-33(26-13-15-30-24(20-26)9-5-17-36-30)38-34(40-35)27-14-16-31-25(21-27)10-6-18-37-31/h1-21H. The van der Waals surface area contributed by atoms with Crippen LogP contribution in [-0.4, -0.2) is 24.9 Å². The number of hydrogen-bond acceptors (Lipinski definition) is 5. The molecule has 3 aromatic heterocycles. The lowest BCUT2D eigenvalue weighted by Gasteiger charge is -2.13. The number of pyridine rings is 2. The van der Waals surface area contributed by atoms with Crippen LogP contribution in [0.25, 0.3) is 77.5 Å². The third kappa shape index (κ3) is 3.76. The minimum absolute atomic E-state index is 0.619. The molecule has 0 N–H and O–H groups in total. The van der Waals surface area contributed by atoms with Crippen LogP contribution < -0.4 is 0 Å². The number of nitrogens with zero attached hydrogens (tertiary/aromatic N) is 5. The van der Waals surface area contributed by atoms with Crippen LogP contribution in [0.15, 0.2) is 128 Å². The largest absolute Gasteiger partial charge is 0.256 e. The predicted octanol–water partition coefficient (Wildman–Crippen LogP) is 8.28. The van der Waals surface area contributed by atoms with Crippen molar-refractivity contribution in [2.24, 2.45) is 0 Å². The average molecular weight is 512 g/mol. The second-order valence-corrected chi connectivity index (χ2v) is 9.82. The van der Waals surface area contributed by atoms with Crippen molar-refractivity contribution in [3.8, 4) is 34.2 Å². The molecule has 0 atom stereocenters. The van der Waals surface area contributed by atoms with E-state index >= 15 is 0 Å². The molecule has 5 heteroatoms. The number of benzene rings is 5. The molecule has 40 heavy (non-hydrogen) atoms. The van der Waals surface area contributed by atoms with Crippen LogP contribution in [0.3, 0.4) is 0 Å². The van der Waals surface area contributed by atoms with Gasteiger partial charge >= 0.3 is 0 Å². The molecule has 0 aliphatic carbocycles. The van der Waals surface area contributed by atoms with E-state index in [0.29, 0.717) is 17.5 Å². The molecule has 0 fully saturated rings. The first-order chi connectivity index (χ1) is 19.8. The zero-order chi connectivity index (χ0) is 26.5. The summed E-state index contributed by atoms with van der Waals surface area (Å²) in [6, 6.07) is 39.4. The fourth-order valence-corrected chi connectivity index (χ4v) is 5.43. The van der Waals surface area contributed by atoms with E-state index in [-0.39, 0.29) is 0 Å². The quantitative estimate of drug-likeness (QED) is 0.223. The summed E-state index contributed by atoms with van der Waals surface area (Å²) in [6.07, 6.45) is 3.61. The molecule has 186 valence electrons. The van der Waals surface area contributed by atoms with Gasteiger partial charge in [-0.05, 0) is 76.1 Å². The Morgan fingerprint density at radius 2 is 0.850 bits per heavy atom. The van der Waals surface area contributed by atoms with E-state index < -0.39 is 0 Å². The van der Waals surface area contributed by atoms with Crippen molar-refractivity contribution >= 4 is 43.4 Å². The highest BCUT2D eigenvalue weighted by Crippen LogP contribution is 2.36. The summed E-state index contributed by atoms with van der Waals surface area (Å²) in [5.41, 5.74) is 4.70. The van der Waals surface area contributed by atoms with Gasteiger partial charge in [-0.1, -0.05) is 60.7 Å². The molecule has 0 aliphatic heterocycles. The van der Waals surface area contributed by atoms with E-state index in [2.05, 4.69) is 88.8 Å². The Kier molecular flexibility index (Phi) is 5.07. The summed E-state index contributed by atoms with van der Waals surface area (Å²) in [4.78, 5) is 24.2. The summed E-state index contributed by atoms with van der Waals surface area (Å²) >= 11 is 0. The molecule has 0 unspecified atom stereocenters. The second-order valence-electron chi connectivity index (χ2n) is 9.82. The Hall–Kier alpha value is -5.55. The van der Waals surface area contributed by atoms with Gasteiger partial charge < -0.3 is 0 Å². The van der Waals surface area contributed by atoms with Crippen molar-refractivity contribution in [2.75, 3.05) is 0 Å². The lowest BCUT2D eigenvalue weighted by Crippen LogP contribution is -2.01. The van der Waals surface area contributed by atoms with Crippen LogP contribution in [0.4, 0.5) is 0 Å². The monoisotopic (exact) mass is 511 g/mol. The fourth-order valence-electron chi connectivity index (χ4n) is 5.43. The maximum Gasteiger partial charge on any atom is 0.165 e. The summed E-state index contributed by atoms with van der Waals surface area (Å²) in [7, 11) is 0. The van der Waals surface area contributed by atoms with Gasteiger partial charge in [-0.15, -0.1) is 0 Å².